The summed E-state index contributed by atoms with van der Waals surface area (Å²) in [4.78, 5) is 4.18. The predicted molar refractivity (Wildman–Crippen MR) is 65.7 cm³/mol. The molecule has 0 radical (unpaired) electrons. The second-order valence-electron chi connectivity index (χ2n) is 4.86. The van der Waals surface area contributed by atoms with E-state index in [2.05, 4.69) is 9.55 Å². The zero-order chi connectivity index (χ0) is 12.1. The molecule has 0 spiro atoms. The number of aliphatic hydroxyl groups excluding tert-OH is 1. The molecule has 17 heavy (non-hydrogen) atoms. The van der Waals surface area contributed by atoms with E-state index in [0.29, 0.717) is 18.6 Å². The van der Waals surface area contributed by atoms with Crippen LogP contribution in [0.4, 0.5) is 0 Å². The number of ether oxygens (including phenoxy) is 1. The van der Waals surface area contributed by atoms with E-state index in [-0.39, 0.29) is 0 Å². The molecule has 2 rings (SSSR count). The van der Waals surface area contributed by atoms with Crippen LogP contribution in [0.15, 0.2) is 12.4 Å². The summed E-state index contributed by atoms with van der Waals surface area (Å²) in [6.07, 6.45) is 8.59. The minimum absolute atomic E-state index is 0.334. The van der Waals surface area contributed by atoms with Crippen LogP contribution in [0.2, 0.25) is 0 Å². The third-order valence-corrected chi connectivity index (χ3v) is 3.66. The molecule has 4 nitrogen and oxygen atoms in total. The van der Waals surface area contributed by atoms with Gasteiger partial charge in [-0.05, 0) is 38.5 Å². The number of aliphatic hydroxyl groups is 1. The average molecular weight is 238 g/mol. The lowest BCUT2D eigenvalue weighted by Gasteiger charge is -2.27. The molecule has 1 aromatic rings. The fourth-order valence-electron chi connectivity index (χ4n) is 2.44. The first-order valence-electron chi connectivity index (χ1n) is 6.50. The normalized spacial score (nSPS) is 25.1. The summed E-state index contributed by atoms with van der Waals surface area (Å²) in [5, 5.41) is 9.06. The molecule has 0 aliphatic heterocycles. The van der Waals surface area contributed by atoms with Gasteiger partial charge in [0, 0.05) is 25.5 Å². The molecule has 4 heteroatoms. The summed E-state index contributed by atoms with van der Waals surface area (Å²) in [6, 6.07) is 0. The van der Waals surface area contributed by atoms with Gasteiger partial charge in [0.15, 0.2) is 0 Å². The minimum Gasteiger partial charge on any atom is -0.396 e. The molecule has 1 fully saturated rings. The number of hydrogen-bond acceptors (Lipinski definition) is 3. The first kappa shape index (κ1) is 12.6. The van der Waals surface area contributed by atoms with E-state index >= 15 is 0 Å². The van der Waals surface area contributed by atoms with Crippen molar-refractivity contribution in [3.05, 3.63) is 18.2 Å². The van der Waals surface area contributed by atoms with Crippen molar-refractivity contribution in [1.82, 2.24) is 9.55 Å². The molecule has 0 aromatic carbocycles. The zero-order valence-corrected chi connectivity index (χ0v) is 10.5. The van der Waals surface area contributed by atoms with E-state index in [0.717, 1.165) is 44.7 Å². The SMILES string of the molecule is Cc1nccn1CCOC1CCC(CO)CC1. The van der Waals surface area contributed by atoms with Crippen LogP contribution in [0, 0.1) is 12.8 Å². The first-order chi connectivity index (χ1) is 8.29. The van der Waals surface area contributed by atoms with Crippen molar-refractivity contribution in [3.63, 3.8) is 0 Å². The Kier molecular flexibility index (Phi) is 4.57. The van der Waals surface area contributed by atoms with Gasteiger partial charge in [-0.25, -0.2) is 4.98 Å². The van der Waals surface area contributed by atoms with Crippen LogP contribution in [0.5, 0.6) is 0 Å². The van der Waals surface area contributed by atoms with E-state index in [1.807, 2.05) is 19.3 Å². The second kappa shape index (κ2) is 6.17. The topological polar surface area (TPSA) is 47.3 Å². The third-order valence-electron chi connectivity index (χ3n) is 3.66. The maximum Gasteiger partial charge on any atom is 0.105 e. The largest absolute Gasteiger partial charge is 0.396 e. The zero-order valence-electron chi connectivity index (χ0n) is 10.5. The van der Waals surface area contributed by atoms with Gasteiger partial charge in [0.05, 0.1) is 12.7 Å². The second-order valence-corrected chi connectivity index (χ2v) is 4.86. The Bertz CT molecular complexity index is 330. The maximum absolute atomic E-state index is 9.06. The Labute approximate surface area is 103 Å². The summed E-state index contributed by atoms with van der Waals surface area (Å²) in [5.74, 6) is 1.54. The molecule has 96 valence electrons. The van der Waals surface area contributed by atoms with Crippen LogP contribution in [0.1, 0.15) is 31.5 Å². The maximum atomic E-state index is 9.06. The Hall–Kier alpha value is -0.870. The van der Waals surface area contributed by atoms with Gasteiger partial charge in [0.25, 0.3) is 0 Å². The summed E-state index contributed by atoms with van der Waals surface area (Å²) < 4.78 is 7.98. The van der Waals surface area contributed by atoms with Crippen molar-refractivity contribution in [3.8, 4) is 0 Å². The van der Waals surface area contributed by atoms with E-state index in [4.69, 9.17) is 9.84 Å². The molecule has 0 unspecified atom stereocenters. The van der Waals surface area contributed by atoms with Crippen molar-refractivity contribution in [2.24, 2.45) is 5.92 Å². The van der Waals surface area contributed by atoms with E-state index < -0.39 is 0 Å². The van der Waals surface area contributed by atoms with Gasteiger partial charge in [0.1, 0.15) is 5.82 Å². The fourth-order valence-corrected chi connectivity index (χ4v) is 2.44. The highest BCUT2D eigenvalue weighted by Crippen LogP contribution is 2.25. The van der Waals surface area contributed by atoms with Gasteiger partial charge in [-0.1, -0.05) is 0 Å². The molecule has 0 saturated heterocycles. The van der Waals surface area contributed by atoms with Crippen molar-refractivity contribution in [2.75, 3.05) is 13.2 Å². The van der Waals surface area contributed by atoms with Crippen molar-refractivity contribution < 1.29 is 9.84 Å². The van der Waals surface area contributed by atoms with Gasteiger partial charge in [-0.2, -0.15) is 0 Å². The summed E-state index contributed by atoms with van der Waals surface area (Å²) in [6.45, 7) is 3.98. The van der Waals surface area contributed by atoms with Gasteiger partial charge in [-0.3, -0.25) is 0 Å². The Morgan fingerprint density at radius 1 is 1.41 bits per heavy atom. The monoisotopic (exact) mass is 238 g/mol. The van der Waals surface area contributed by atoms with Crippen LogP contribution in [-0.4, -0.2) is 34.0 Å². The highest BCUT2D eigenvalue weighted by Gasteiger charge is 2.20. The standard InChI is InChI=1S/C13H22N2O2/c1-11-14-6-7-15(11)8-9-17-13-4-2-12(10-16)3-5-13/h6-7,12-13,16H,2-5,8-10H2,1H3. The lowest BCUT2D eigenvalue weighted by molar-refractivity contribution is 0.00764. The van der Waals surface area contributed by atoms with Gasteiger partial charge in [-0.15, -0.1) is 0 Å². The smallest absolute Gasteiger partial charge is 0.105 e. The third kappa shape index (κ3) is 3.54. The number of nitrogens with zero attached hydrogens (tertiary/aromatic N) is 2. The lowest BCUT2D eigenvalue weighted by Crippen LogP contribution is -2.24. The van der Waals surface area contributed by atoms with Crippen LogP contribution in [0.25, 0.3) is 0 Å². The molecule has 1 aromatic heterocycles. The van der Waals surface area contributed by atoms with E-state index in [1.54, 1.807) is 0 Å². The summed E-state index contributed by atoms with van der Waals surface area (Å²) in [5.41, 5.74) is 0. The van der Waals surface area contributed by atoms with Gasteiger partial charge >= 0.3 is 0 Å². The number of hydrogen-bond donors (Lipinski definition) is 1. The summed E-state index contributed by atoms with van der Waals surface area (Å²) >= 11 is 0. The average Bonchev–Trinajstić information content (AvgIpc) is 2.76. The summed E-state index contributed by atoms with van der Waals surface area (Å²) in [7, 11) is 0. The molecular weight excluding hydrogens is 216 g/mol. The van der Waals surface area contributed by atoms with Gasteiger partial charge in [0.2, 0.25) is 0 Å². The molecule has 0 amide bonds. The molecule has 1 heterocycles. The lowest BCUT2D eigenvalue weighted by atomic mass is 9.88. The molecule has 0 bridgehead atoms. The van der Waals surface area contributed by atoms with Crippen molar-refractivity contribution in [1.29, 1.82) is 0 Å². The predicted octanol–water partition coefficient (Wildman–Crippen LogP) is 1.76. The molecule has 1 N–H and O–H groups in total. The molecular formula is C13H22N2O2. The first-order valence-corrected chi connectivity index (χ1v) is 6.50. The Balaban J connectivity index is 1.65. The molecule has 0 atom stereocenters. The number of aryl methyl sites for hydroxylation is 1. The quantitative estimate of drug-likeness (QED) is 0.850. The highest BCUT2D eigenvalue weighted by molar-refractivity contribution is 4.88. The number of aromatic nitrogens is 2. The van der Waals surface area contributed by atoms with Gasteiger partial charge < -0.3 is 14.4 Å². The van der Waals surface area contributed by atoms with Crippen LogP contribution >= 0.6 is 0 Å². The molecule has 1 saturated carbocycles. The van der Waals surface area contributed by atoms with Crippen LogP contribution in [0.3, 0.4) is 0 Å². The number of rotatable bonds is 5. The molecule has 1 aliphatic rings. The van der Waals surface area contributed by atoms with Crippen LogP contribution in [-0.2, 0) is 11.3 Å². The van der Waals surface area contributed by atoms with Crippen molar-refractivity contribution in [2.45, 2.75) is 45.3 Å². The minimum atomic E-state index is 0.334. The molecule has 1 aliphatic carbocycles. The Morgan fingerprint density at radius 2 is 2.18 bits per heavy atom. The number of imidazole rings is 1. The van der Waals surface area contributed by atoms with E-state index in [9.17, 15) is 0 Å². The van der Waals surface area contributed by atoms with E-state index in [1.165, 1.54) is 0 Å². The Morgan fingerprint density at radius 3 is 2.76 bits per heavy atom. The van der Waals surface area contributed by atoms with Crippen LogP contribution < -0.4 is 0 Å². The fraction of sp³-hybridized carbons (Fsp3) is 0.769. The highest BCUT2D eigenvalue weighted by atomic mass is 16.5. The van der Waals surface area contributed by atoms with Crippen molar-refractivity contribution >= 4 is 0 Å².